The van der Waals surface area contributed by atoms with Crippen LogP contribution in [0.25, 0.3) is 0 Å². The van der Waals surface area contributed by atoms with Gasteiger partial charge in [0.25, 0.3) is 11.8 Å². The van der Waals surface area contributed by atoms with E-state index in [0.717, 1.165) is 34.4 Å². The van der Waals surface area contributed by atoms with Gasteiger partial charge in [0.05, 0.1) is 6.04 Å². The maximum atomic E-state index is 13.6. The predicted octanol–water partition coefficient (Wildman–Crippen LogP) is 6.11. The maximum Gasteiger partial charge on any atom is 0.262 e. The molecule has 1 aliphatic rings. The minimum atomic E-state index is -0.249. The van der Waals surface area contributed by atoms with Gasteiger partial charge < -0.3 is 15.0 Å². The van der Waals surface area contributed by atoms with E-state index in [2.05, 4.69) is 36.5 Å². The number of amides is 2. The molecule has 5 rings (SSSR count). The Hall–Kier alpha value is -4.38. The second-order valence-corrected chi connectivity index (χ2v) is 9.49. The molecule has 5 nitrogen and oxygen atoms in total. The third kappa shape index (κ3) is 5.56. The molecule has 4 aromatic carbocycles. The zero-order valence-electron chi connectivity index (χ0n) is 21.1. The highest BCUT2D eigenvalue weighted by atomic mass is 16.5. The molecule has 0 aromatic heterocycles. The fourth-order valence-corrected chi connectivity index (χ4v) is 4.83. The molecule has 37 heavy (non-hydrogen) atoms. The molecule has 2 amide bonds. The van der Waals surface area contributed by atoms with Crippen molar-refractivity contribution in [2.45, 2.75) is 26.3 Å². The summed E-state index contributed by atoms with van der Waals surface area (Å²) < 4.78 is 5.90. The van der Waals surface area contributed by atoms with Crippen molar-refractivity contribution >= 4 is 17.5 Å². The first kappa shape index (κ1) is 24.3. The van der Waals surface area contributed by atoms with Crippen molar-refractivity contribution in [3.05, 3.63) is 130 Å². The summed E-state index contributed by atoms with van der Waals surface area (Å²) in [4.78, 5) is 28.1. The number of nitrogens with one attached hydrogen (secondary N) is 1. The zero-order valence-corrected chi connectivity index (χ0v) is 21.1. The second-order valence-electron chi connectivity index (χ2n) is 9.49. The van der Waals surface area contributed by atoms with Crippen molar-refractivity contribution in [1.82, 2.24) is 4.90 Å². The molecule has 0 saturated heterocycles. The van der Waals surface area contributed by atoms with Gasteiger partial charge in [0.1, 0.15) is 5.75 Å². The molecule has 1 unspecified atom stereocenters. The molecule has 1 N–H and O–H groups in total. The van der Waals surface area contributed by atoms with Crippen LogP contribution in [0.1, 0.15) is 44.2 Å². The number of rotatable bonds is 6. The number of fused-ring (bicyclic) bond motifs is 1. The van der Waals surface area contributed by atoms with Crippen LogP contribution in [0, 0.1) is 13.8 Å². The third-order valence-corrected chi connectivity index (χ3v) is 6.69. The summed E-state index contributed by atoms with van der Waals surface area (Å²) in [6, 6.07) is 31.0. The van der Waals surface area contributed by atoms with Crippen LogP contribution in [-0.4, -0.2) is 29.9 Å². The van der Waals surface area contributed by atoms with Crippen LogP contribution in [0.5, 0.6) is 5.75 Å². The molecule has 0 radical (unpaired) electrons. The van der Waals surface area contributed by atoms with Crippen molar-refractivity contribution in [1.29, 1.82) is 0 Å². The molecule has 0 spiro atoms. The van der Waals surface area contributed by atoms with Gasteiger partial charge in [-0.15, -0.1) is 0 Å². The quantitative estimate of drug-likeness (QED) is 0.355. The van der Waals surface area contributed by atoms with Crippen LogP contribution in [0.4, 0.5) is 5.69 Å². The van der Waals surface area contributed by atoms with Gasteiger partial charge in [0.2, 0.25) is 0 Å². The summed E-state index contributed by atoms with van der Waals surface area (Å²) >= 11 is 0. The molecule has 0 bridgehead atoms. The van der Waals surface area contributed by atoms with E-state index in [1.54, 1.807) is 0 Å². The summed E-state index contributed by atoms with van der Waals surface area (Å²) in [7, 11) is 0. The van der Waals surface area contributed by atoms with Gasteiger partial charge in [-0.2, -0.15) is 0 Å². The Morgan fingerprint density at radius 2 is 1.65 bits per heavy atom. The normalized spacial score (nSPS) is 14.5. The fourth-order valence-electron chi connectivity index (χ4n) is 4.83. The van der Waals surface area contributed by atoms with Crippen LogP contribution in [0.2, 0.25) is 0 Å². The van der Waals surface area contributed by atoms with E-state index in [1.165, 1.54) is 5.56 Å². The van der Waals surface area contributed by atoms with Crippen molar-refractivity contribution < 1.29 is 14.3 Å². The van der Waals surface area contributed by atoms with Crippen molar-refractivity contribution in [2.24, 2.45) is 0 Å². The second kappa shape index (κ2) is 10.7. The lowest BCUT2D eigenvalue weighted by Crippen LogP contribution is -2.40. The average Bonchev–Trinajstić information content (AvgIpc) is 2.92. The first-order valence-corrected chi connectivity index (χ1v) is 12.5. The fraction of sp³-hybridized carbons (Fsp3) is 0.188. The molecule has 186 valence electrons. The first-order chi connectivity index (χ1) is 18.0. The highest BCUT2D eigenvalue weighted by molar-refractivity contribution is 5.95. The maximum absolute atomic E-state index is 13.6. The summed E-state index contributed by atoms with van der Waals surface area (Å²) in [5.74, 6) is 0.378. The standard InChI is InChI=1S/C32H30N2O3/c1-22-11-14-27(15-12-22)33-30(35)21-37-28-16-13-24-17-18-34(32(36)25-8-4-3-5-9-25)31(29(24)20-28)26-10-6-7-23(2)19-26/h3-16,19-20,31H,17-18,21H2,1-2H3,(H,33,35). The monoisotopic (exact) mass is 490 g/mol. The average molecular weight is 491 g/mol. The Labute approximate surface area is 217 Å². The number of hydrogen-bond acceptors (Lipinski definition) is 3. The molecule has 0 fully saturated rings. The van der Waals surface area contributed by atoms with Gasteiger partial charge in [0.15, 0.2) is 6.61 Å². The lowest BCUT2D eigenvalue weighted by molar-refractivity contribution is -0.118. The Morgan fingerprint density at radius 3 is 2.41 bits per heavy atom. The number of carbonyl (C=O) groups excluding carboxylic acids is 2. The van der Waals surface area contributed by atoms with E-state index >= 15 is 0 Å². The smallest absolute Gasteiger partial charge is 0.262 e. The first-order valence-electron chi connectivity index (χ1n) is 12.5. The van der Waals surface area contributed by atoms with Crippen LogP contribution in [0.15, 0.2) is 97.1 Å². The van der Waals surface area contributed by atoms with Crippen LogP contribution >= 0.6 is 0 Å². The van der Waals surface area contributed by atoms with E-state index < -0.39 is 0 Å². The number of ether oxygens (including phenoxy) is 1. The molecule has 1 heterocycles. The molecular weight excluding hydrogens is 460 g/mol. The van der Waals surface area contributed by atoms with E-state index in [9.17, 15) is 9.59 Å². The van der Waals surface area contributed by atoms with E-state index in [0.29, 0.717) is 17.9 Å². The molecule has 4 aromatic rings. The van der Waals surface area contributed by atoms with E-state index in [4.69, 9.17) is 4.74 Å². The Morgan fingerprint density at radius 1 is 0.865 bits per heavy atom. The molecule has 1 atom stereocenters. The van der Waals surface area contributed by atoms with Gasteiger partial charge in [-0.25, -0.2) is 0 Å². The van der Waals surface area contributed by atoms with Gasteiger partial charge in [-0.1, -0.05) is 71.8 Å². The summed E-state index contributed by atoms with van der Waals surface area (Å²) in [6.45, 7) is 4.58. The van der Waals surface area contributed by atoms with E-state index in [-0.39, 0.29) is 24.5 Å². The van der Waals surface area contributed by atoms with Crippen molar-refractivity contribution in [3.63, 3.8) is 0 Å². The zero-order chi connectivity index (χ0) is 25.8. The minimum absolute atomic E-state index is 0.00144. The number of anilines is 1. The highest BCUT2D eigenvalue weighted by Gasteiger charge is 2.33. The minimum Gasteiger partial charge on any atom is -0.484 e. The molecule has 1 aliphatic heterocycles. The van der Waals surface area contributed by atoms with Crippen LogP contribution in [0.3, 0.4) is 0 Å². The van der Waals surface area contributed by atoms with Gasteiger partial charge in [0, 0.05) is 17.8 Å². The predicted molar refractivity (Wildman–Crippen MR) is 146 cm³/mol. The Kier molecular flexibility index (Phi) is 7.04. The molecule has 0 aliphatic carbocycles. The highest BCUT2D eigenvalue weighted by Crippen LogP contribution is 2.38. The lowest BCUT2D eigenvalue weighted by Gasteiger charge is -2.38. The topological polar surface area (TPSA) is 58.6 Å². The molecule has 0 saturated carbocycles. The SMILES string of the molecule is Cc1ccc(NC(=O)COc2ccc3c(c2)C(c2cccc(C)c2)N(C(=O)c2ccccc2)CC3)cc1. The largest absolute Gasteiger partial charge is 0.484 e. The van der Waals surface area contributed by atoms with Crippen LogP contribution < -0.4 is 10.1 Å². The Bertz CT molecular complexity index is 1410. The Balaban J connectivity index is 1.41. The van der Waals surface area contributed by atoms with Crippen molar-refractivity contribution in [2.75, 3.05) is 18.5 Å². The lowest BCUT2D eigenvalue weighted by atomic mass is 9.87. The van der Waals surface area contributed by atoms with E-state index in [1.807, 2.05) is 84.6 Å². The number of nitrogens with zero attached hydrogens (tertiary/aromatic N) is 1. The van der Waals surface area contributed by atoms with Gasteiger partial charge in [-0.05, 0) is 73.4 Å². The molecule has 5 heteroatoms. The van der Waals surface area contributed by atoms with Gasteiger partial charge >= 0.3 is 0 Å². The summed E-state index contributed by atoms with van der Waals surface area (Å²) in [5, 5.41) is 2.87. The summed E-state index contributed by atoms with van der Waals surface area (Å²) in [5.41, 5.74) is 6.93. The van der Waals surface area contributed by atoms with Crippen LogP contribution in [-0.2, 0) is 11.2 Å². The number of benzene rings is 4. The third-order valence-electron chi connectivity index (χ3n) is 6.69. The number of aryl methyl sites for hydroxylation is 2. The number of carbonyl (C=O) groups is 2. The summed E-state index contributed by atoms with van der Waals surface area (Å²) in [6.07, 6.45) is 0.754. The van der Waals surface area contributed by atoms with Crippen molar-refractivity contribution in [3.8, 4) is 5.75 Å². The molecular formula is C32H30N2O3. The van der Waals surface area contributed by atoms with Gasteiger partial charge in [-0.3, -0.25) is 9.59 Å². The number of hydrogen-bond donors (Lipinski definition) is 1.